The molecular weight excluding hydrogens is 248 g/mol. The van der Waals surface area contributed by atoms with Crippen molar-refractivity contribution in [3.8, 4) is 11.5 Å². The first kappa shape index (κ1) is 15.2. The molecule has 6 nitrogen and oxygen atoms in total. The zero-order chi connectivity index (χ0) is 14.6. The molecule has 0 saturated carbocycles. The average molecular weight is 268 g/mol. The summed E-state index contributed by atoms with van der Waals surface area (Å²) >= 11 is 0. The van der Waals surface area contributed by atoms with Crippen LogP contribution < -0.4 is 15.2 Å². The largest absolute Gasteiger partial charge is 0.493 e. The van der Waals surface area contributed by atoms with E-state index in [1.54, 1.807) is 6.07 Å². The van der Waals surface area contributed by atoms with Crippen LogP contribution in [0.4, 0.5) is 5.69 Å². The fourth-order valence-electron chi connectivity index (χ4n) is 1.73. The molecule has 1 atom stereocenters. The summed E-state index contributed by atoms with van der Waals surface area (Å²) in [6.45, 7) is 3.97. The summed E-state index contributed by atoms with van der Waals surface area (Å²) in [4.78, 5) is 10.7. The first-order valence-electron chi connectivity index (χ1n) is 6.05. The third-order valence-corrected chi connectivity index (χ3v) is 3.09. The molecule has 0 heterocycles. The van der Waals surface area contributed by atoms with Crippen molar-refractivity contribution in [2.75, 3.05) is 14.2 Å². The van der Waals surface area contributed by atoms with Crippen LogP contribution in [0.2, 0.25) is 0 Å². The van der Waals surface area contributed by atoms with Crippen LogP contribution in [0.25, 0.3) is 0 Å². The lowest BCUT2D eigenvalue weighted by Gasteiger charge is -2.17. The Labute approximate surface area is 112 Å². The van der Waals surface area contributed by atoms with Gasteiger partial charge >= 0.3 is 0 Å². The molecule has 6 heteroatoms. The molecule has 2 N–H and O–H groups in total. The molecular formula is C13H20N2O4. The van der Waals surface area contributed by atoms with Crippen molar-refractivity contribution < 1.29 is 14.4 Å². The van der Waals surface area contributed by atoms with Crippen molar-refractivity contribution in [2.45, 2.75) is 26.3 Å². The summed E-state index contributed by atoms with van der Waals surface area (Å²) < 4.78 is 10.2. The molecule has 19 heavy (non-hydrogen) atoms. The molecule has 0 radical (unpaired) electrons. The van der Waals surface area contributed by atoms with Gasteiger partial charge in [0.25, 0.3) is 5.69 Å². The number of benzene rings is 1. The van der Waals surface area contributed by atoms with Crippen molar-refractivity contribution in [3.63, 3.8) is 0 Å². The first-order chi connectivity index (χ1) is 8.90. The lowest BCUT2D eigenvalue weighted by Crippen LogP contribution is -2.29. The van der Waals surface area contributed by atoms with Crippen LogP contribution in [0.3, 0.4) is 0 Å². The molecule has 0 aromatic heterocycles. The van der Waals surface area contributed by atoms with E-state index in [0.717, 1.165) is 0 Å². The molecule has 0 aliphatic heterocycles. The quantitative estimate of drug-likeness (QED) is 0.630. The van der Waals surface area contributed by atoms with Crippen LogP contribution in [-0.2, 0) is 6.42 Å². The lowest BCUT2D eigenvalue weighted by molar-refractivity contribution is -0.385. The monoisotopic (exact) mass is 268 g/mol. The van der Waals surface area contributed by atoms with E-state index in [1.807, 2.05) is 13.8 Å². The number of hydrogen-bond donors (Lipinski definition) is 1. The number of nitrogens with zero attached hydrogens (tertiary/aromatic N) is 1. The molecule has 0 saturated heterocycles. The highest BCUT2D eigenvalue weighted by atomic mass is 16.6. The molecule has 1 unspecified atom stereocenters. The van der Waals surface area contributed by atoms with Gasteiger partial charge in [-0.2, -0.15) is 0 Å². The van der Waals surface area contributed by atoms with Crippen molar-refractivity contribution >= 4 is 5.69 Å². The van der Waals surface area contributed by atoms with Crippen LogP contribution >= 0.6 is 0 Å². The van der Waals surface area contributed by atoms with Crippen LogP contribution in [0.1, 0.15) is 19.4 Å². The molecule has 1 aromatic rings. The van der Waals surface area contributed by atoms with Gasteiger partial charge in [0, 0.05) is 11.6 Å². The Morgan fingerprint density at radius 1 is 1.26 bits per heavy atom. The van der Waals surface area contributed by atoms with E-state index in [2.05, 4.69) is 0 Å². The number of nitro groups is 1. The highest BCUT2D eigenvalue weighted by molar-refractivity contribution is 5.54. The number of nitro benzene ring substituents is 1. The van der Waals surface area contributed by atoms with Gasteiger partial charge in [0.1, 0.15) is 0 Å². The maximum absolute atomic E-state index is 11.1. The minimum Gasteiger partial charge on any atom is -0.493 e. The van der Waals surface area contributed by atoms with Crippen LogP contribution in [-0.4, -0.2) is 25.2 Å². The van der Waals surface area contributed by atoms with Gasteiger partial charge in [-0.1, -0.05) is 13.8 Å². The molecule has 0 fully saturated rings. The van der Waals surface area contributed by atoms with Gasteiger partial charge in [0.2, 0.25) is 0 Å². The minimum atomic E-state index is -0.426. The smallest absolute Gasteiger partial charge is 0.276 e. The summed E-state index contributed by atoms with van der Waals surface area (Å²) in [6.07, 6.45) is 0.425. The summed E-state index contributed by atoms with van der Waals surface area (Å²) in [5.41, 5.74) is 6.55. The maximum atomic E-state index is 11.1. The minimum absolute atomic E-state index is 0.00810. The Kier molecular flexibility index (Phi) is 5.11. The second-order valence-electron chi connectivity index (χ2n) is 4.71. The Morgan fingerprint density at radius 3 is 2.21 bits per heavy atom. The standard InChI is InChI=1S/C13H20N2O4/c1-8(2)10(14)5-9-6-12(18-3)13(19-4)7-11(9)15(16)17/h6-8,10H,5,14H2,1-4H3. The normalized spacial score (nSPS) is 12.3. The summed E-state index contributed by atoms with van der Waals surface area (Å²) in [6, 6.07) is 2.86. The average Bonchev–Trinajstić information content (AvgIpc) is 2.37. The fraction of sp³-hybridized carbons (Fsp3) is 0.538. The molecule has 0 aliphatic carbocycles. The Morgan fingerprint density at radius 2 is 1.79 bits per heavy atom. The SMILES string of the molecule is COc1cc(CC(N)C(C)C)c([N+](=O)[O-])cc1OC. The summed E-state index contributed by atoms with van der Waals surface area (Å²) in [5.74, 6) is 1.06. The van der Waals surface area contributed by atoms with Gasteiger partial charge in [-0.15, -0.1) is 0 Å². The second-order valence-corrected chi connectivity index (χ2v) is 4.71. The van der Waals surface area contributed by atoms with Gasteiger partial charge in [-0.25, -0.2) is 0 Å². The molecule has 0 bridgehead atoms. The van der Waals surface area contributed by atoms with Crippen LogP contribution in [0.5, 0.6) is 11.5 Å². The molecule has 0 aliphatic rings. The van der Waals surface area contributed by atoms with Gasteiger partial charge in [0.15, 0.2) is 11.5 Å². The van der Waals surface area contributed by atoms with Crippen LogP contribution in [0, 0.1) is 16.0 Å². The van der Waals surface area contributed by atoms with E-state index in [1.165, 1.54) is 20.3 Å². The molecule has 0 spiro atoms. The highest BCUT2D eigenvalue weighted by Gasteiger charge is 2.21. The Bertz CT molecular complexity index is 460. The predicted molar refractivity (Wildman–Crippen MR) is 72.7 cm³/mol. The molecule has 1 aromatic carbocycles. The van der Waals surface area contributed by atoms with Crippen LogP contribution in [0.15, 0.2) is 12.1 Å². The van der Waals surface area contributed by atoms with E-state index in [-0.39, 0.29) is 17.6 Å². The number of hydrogen-bond acceptors (Lipinski definition) is 5. The predicted octanol–water partition coefficient (Wildman–Crippen LogP) is 2.14. The van der Waals surface area contributed by atoms with Gasteiger partial charge in [-0.3, -0.25) is 10.1 Å². The topological polar surface area (TPSA) is 87.6 Å². The zero-order valence-corrected chi connectivity index (χ0v) is 11.7. The number of rotatable bonds is 6. The summed E-state index contributed by atoms with van der Waals surface area (Å²) in [5, 5.41) is 11.1. The lowest BCUT2D eigenvalue weighted by atomic mass is 9.96. The highest BCUT2D eigenvalue weighted by Crippen LogP contribution is 2.35. The molecule has 0 amide bonds. The molecule has 106 valence electrons. The number of ether oxygens (including phenoxy) is 2. The Hall–Kier alpha value is -1.82. The van der Waals surface area contributed by atoms with Crippen molar-refractivity contribution in [1.82, 2.24) is 0 Å². The molecule has 1 rings (SSSR count). The third-order valence-electron chi connectivity index (χ3n) is 3.09. The van der Waals surface area contributed by atoms with Crippen molar-refractivity contribution in [3.05, 3.63) is 27.8 Å². The van der Waals surface area contributed by atoms with E-state index in [9.17, 15) is 10.1 Å². The van der Waals surface area contributed by atoms with Gasteiger partial charge in [-0.05, 0) is 18.4 Å². The Balaban J connectivity index is 3.23. The second kappa shape index (κ2) is 6.38. The maximum Gasteiger partial charge on any atom is 0.276 e. The van der Waals surface area contributed by atoms with Gasteiger partial charge < -0.3 is 15.2 Å². The van der Waals surface area contributed by atoms with E-state index in [4.69, 9.17) is 15.2 Å². The number of methoxy groups -OCH3 is 2. The van der Waals surface area contributed by atoms with E-state index >= 15 is 0 Å². The summed E-state index contributed by atoms with van der Waals surface area (Å²) in [7, 11) is 2.94. The first-order valence-corrected chi connectivity index (χ1v) is 6.05. The van der Waals surface area contributed by atoms with Gasteiger partial charge in [0.05, 0.1) is 25.2 Å². The zero-order valence-electron chi connectivity index (χ0n) is 11.7. The fourth-order valence-corrected chi connectivity index (χ4v) is 1.73. The van der Waals surface area contributed by atoms with Crippen molar-refractivity contribution in [1.29, 1.82) is 0 Å². The third kappa shape index (κ3) is 3.57. The van der Waals surface area contributed by atoms with E-state index < -0.39 is 4.92 Å². The number of nitrogens with two attached hydrogens (primary N) is 1. The van der Waals surface area contributed by atoms with Crippen molar-refractivity contribution in [2.24, 2.45) is 11.7 Å². The van der Waals surface area contributed by atoms with E-state index in [0.29, 0.717) is 23.5 Å².